The van der Waals surface area contributed by atoms with E-state index >= 15 is 0 Å². The highest BCUT2D eigenvalue weighted by molar-refractivity contribution is 7.92. The van der Waals surface area contributed by atoms with Gasteiger partial charge in [-0.1, -0.05) is 18.2 Å². The van der Waals surface area contributed by atoms with E-state index in [1.165, 1.54) is 19.1 Å². The monoisotopic (exact) mass is 399 g/mol. The molecular formula is C20H21N3O4S. The first-order chi connectivity index (χ1) is 13.3. The van der Waals surface area contributed by atoms with Crippen molar-refractivity contribution < 1.29 is 18.0 Å². The van der Waals surface area contributed by atoms with E-state index in [9.17, 15) is 18.0 Å². The van der Waals surface area contributed by atoms with Gasteiger partial charge in [-0.3, -0.25) is 14.3 Å². The third-order valence-electron chi connectivity index (χ3n) is 4.46. The Balaban J connectivity index is 1.89. The molecule has 1 aliphatic rings. The zero-order chi connectivity index (χ0) is 20.3. The number of rotatable bonds is 6. The Hall–Kier alpha value is -3.13. The van der Waals surface area contributed by atoms with E-state index < -0.39 is 15.9 Å². The summed E-state index contributed by atoms with van der Waals surface area (Å²) in [5.74, 6) is -0.476. The number of benzene rings is 2. The minimum Gasteiger partial charge on any atom is -0.349 e. The second-order valence-corrected chi connectivity index (χ2v) is 8.04. The van der Waals surface area contributed by atoms with Crippen LogP contribution in [-0.4, -0.2) is 33.3 Å². The van der Waals surface area contributed by atoms with Crippen LogP contribution in [0.5, 0.6) is 0 Å². The van der Waals surface area contributed by atoms with E-state index in [0.717, 1.165) is 11.3 Å². The Morgan fingerprint density at radius 2 is 1.96 bits per heavy atom. The summed E-state index contributed by atoms with van der Waals surface area (Å²) in [5, 5.41) is 2.63. The molecule has 7 nitrogen and oxygen atoms in total. The van der Waals surface area contributed by atoms with Crippen LogP contribution in [0.4, 0.5) is 11.4 Å². The Labute approximate surface area is 164 Å². The number of hydrogen-bond acceptors (Lipinski definition) is 4. The standard InChI is InChI=1S/C20H21N3O4S/c1-3-11-21-20(25)17-6-4-5-7-18(17)22-28(26,27)16-8-9-19-15(13-16)10-12-23(19)14(2)24/h3-9,13,22H,1,10-12H2,2H3,(H,21,25). The average Bonchev–Trinajstić information content (AvgIpc) is 3.09. The number of nitrogens with one attached hydrogen (secondary N) is 2. The number of hydrogen-bond donors (Lipinski definition) is 2. The fourth-order valence-corrected chi connectivity index (χ4v) is 4.24. The van der Waals surface area contributed by atoms with Crippen LogP contribution in [0.15, 0.2) is 60.0 Å². The first kappa shape index (κ1) is 19.6. The quantitative estimate of drug-likeness (QED) is 0.729. The molecule has 1 heterocycles. The minimum atomic E-state index is -3.90. The third kappa shape index (κ3) is 3.91. The molecule has 0 aliphatic carbocycles. The normalized spacial score (nSPS) is 13.0. The summed E-state index contributed by atoms with van der Waals surface area (Å²) in [6, 6.07) is 11.1. The largest absolute Gasteiger partial charge is 0.349 e. The third-order valence-corrected chi connectivity index (χ3v) is 5.82. The van der Waals surface area contributed by atoms with E-state index in [2.05, 4.69) is 16.6 Å². The summed E-state index contributed by atoms with van der Waals surface area (Å²) in [6.45, 7) is 5.83. The van der Waals surface area contributed by atoms with Gasteiger partial charge in [0.05, 0.1) is 16.1 Å². The lowest BCUT2D eigenvalue weighted by molar-refractivity contribution is -0.116. The zero-order valence-corrected chi connectivity index (χ0v) is 16.3. The van der Waals surface area contributed by atoms with Crippen LogP contribution in [0.3, 0.4) is 0 Å². The summed E-state index contributed by atoms with van der Waals surface area (Å²) < 4.78 is 28.2. The molecule has 0 saturated carbocycles. The highest BCUT2D eigenvalue weighted by atomic mass is 32.2. The van der Waals surface area contributed by atoms with Crippen molar-refractivity contribution in [2.24, 2.45) is 0 Å². The van der Waals surface area contributed by atoms with Crippen molar-refractivity contribution in [3.05, 3.63) is 66.2 Å². The van der Waals surface area contributed by atoms with Crippen LogP contribution in [0.2, 0.25) is 0 Å². The number of carbonyl (C=O) groups is 2. The van der Waals surface area contributed by atoms with Crippen LogP contribution in [-0.2, 0) is 21.2 Å². The fourth-order valence-electron chi connectivity index (χ4n) is 3.11. The Bertz CT molecular complexity index is 1050. The molecule has 28 heavy (non-hydrogen) atoms. The van der Waals surface area contributed by atoms with Gasteiger partial charge in [-0.15, -0.1) is 6.58 Å². The van der Waals surface area contributed by atoms with Gasteiger partial charge < -0.3 is 10.2 Å². The van der Waals surface area contributed by atoms with E-state index in [0.29, 0.717) is 13.0 Å². The number of sulfonamides is 1. The summed E-state index contributed by atoms with van der Waals surface area (Å²) in [6.07, 6.45) is 2.14. The van der Waals surface area contributed by atoms with Crippen molar-refractivity contribution in [3.63, 3.8) is 0 Å². The maximum absolute atomic E-state index is 12.9. The summed E-state index contributed by atoms with van der Waals surface area (Å²) in [5.41, 5.74) is 1.94. The molecular weight excluding hydrogens is 378 g/mol. The first-order valence-electron chi connectivity index (χ1n) is 8.75. The lowest BCUT2D eigenvalue weighted by atomic mass is 10.1. The fraction of sp³-hybridized carbons (Fsp3) is 0.200. The molecule has 0 atom stereocenters. The molecule has 0 fully saturated rings. The van der Waals surface area contributed by atoms with E-state index in [-0.39, 0.29) is 28.6 Å². The van der Waals surface area contributed by atoms with Gasteiger partial charge in [0.15, 0.2) is 0 Å². The van der Waals surface area contributed by atoms with Gasteiger partial charge in [0, 0.05) is 25.7 Å². The highest BCUT2D eigenvalue weighted by Crippen LogP contribution is 2.31. The van der Waals surface area contributed by atoms with Crippen LogP contribution < -0.4 is 14.9 Å². The van der Waals surface area contributed by atoms with Gasteiger partial charge in [0.2, 0.25) is 5.91 Å². The molecule has 2 amide bonds. The average molecular weight is 399 g/mol. The number of fused-ring (bicyclic) bond motifs is 1. The molecule has 0 aromatic heterocycles. The van der Waals surface area contributed by atoms with Crippen molar-refractivity contribution in [3.8, 4) is 0 Å². The number of anilines is 2. The van der Waals surface area contributed by atoms with Crippen LogP contribution in [0.1, 0.15) is 22.8 Å². The molecule has 3 rings (SSSR count). The van der Waals surface area contributed by atoms with Gasteiger partial charge >= 0.3 is 0 Å². The van der Waals surface area contributed by atoms with Gasteiger partial charge in [-0.2, -0.15) is 0 Å². The van der Waals surface area contributed by atoms with Crippen LogP contribution in [0.25, 0.3) is 0 Å². The molecule has 1 aliphatic heterocycles. The van der Waals surface area contributed by atoms with Gasteiger partial charge in [0.25, 0.3) is 15.9 Å². The van der Waals surface area contributed by atoms with Gasteiger partial charge in [0.1, 0.15) is 0 Å². The second-order valence-electron chi connectivity index (χ2n) is 6.36. The van der Waals surface area contributed by atoms with E-state index in [4.69, 9.17) is 0 Å². The van der Waals surface area contributed by atoms with Crippen molar-refractivity contribution in [1.29, 1.82) is 0 Å². The predicted octanol–water partition coefficient (Wildman–Crippen LogP) is 2.31. The first-order valence-corrected chi connectivity index (χ1v) is 10.2. The molecule has 0 radical (unpaired) electrons. The number of carbonyl (C=O) groups excluding carboxylic acids is 2. The highest BCUT2D eigenvalue weighted by Gasteiger charge is 2.25. The topological polar surface area (TPSA) is 95.6 Å². The molecule has 8 heteroatoms. The lowest BCUT2D eigenvalue weighted by Gasteiger charge is -2.16. The summed E-state index contributed by atoms with van der Waals surface area (Å²) >= 11 is 0. The zero-order valence-electron chi connectivity index (χ0n) is 15.4. The lowest BCUT2D eigenvalue weighted by Crippen LogP contribution is -2.26. The molecule has 0 unspecified atom stereocenters. The Morgan fingerprint density at radius 1 is 1.21 bits per heavy atom. The van der Waals surface area contributed by atoms with Crippen molar-refractivity contribution >= 4 is 33.2 Å². The number of para-hydroxylation sites is 1. The van der Waals surface area contributed by atoms with Crippen molar-refractivity contribution in [1.82, 2.24) is 5.32 Å². The van der Waals surface area contributed by atoms with Crippen LogP contribution >= 0.6 is 0 Å². The molecule has 0 bridgehead atoms. The van der Waals surface area contributed by atoms with Crippen molar-refractivity contribution in [2.75, 3.05) is 22.7 Å². The Morgan fingerprint density at radius 3 is 2.68 bits per heavy atom. The molecule has 0 saturated heterocycles. The molecule has 2 aromatic rings. The number of nitrogens with zero attached hydrogens (tertiary/aromatic N) is 1. The predicted molar refractivity (Wildman–Crippen MR) is 108 cm³/mol. The summed E-state index contributed by atoms with van der Waals surface area (Å²) in [4.78, 5) is 25.6. The van der Waals surface area contributed by atoms with E-state index in [1.54, 1.807) is 41.3 Å². The van der Waals surface area contributed by atoms with Crippen LogP contribution in [0, 0.1) is 0 Å². The molecule has 146 valence electrons. The molecule has 0 spiro atoms. The SMILES string of the molecule is C=CCNC(=O)c1ccccc1NS(=O)(=O)c1ccc2c(c1)CCN2C(C)=O. The Kier molecular flexibility index (Phi) is 5.51. The van der Waals surface area contributed by atoms with Gasteiger partial charge in [-0.05, 0) is 42.3 Å². The number of amides is 2. The minimum absolute atomic E-state index is 0.0769. The van der Waals surface area contributed by atoms with Crippen molar-refractivity contribution in [2.45, 2.75) is 18.2 Å². The molecule has 2 aromatic carbocycles. The maximum atomic E-state index is 12.9. The van der Waals surface area contributed by atoms with Gasteiger partial charge in [-0.25, -0.2) is 8.42 Å². The van der Waals surface area contributed by atoms with E-state index in [1.807, 2.05) is 0 Å². The second kappa shape index (κ2) is 7.85. The smallest absolute Gasteiger partial charge is 0.261 e. The summed E-state index contributed by atoms with van der Waals surface area (Å²) in [7, 11) is -3.90. The molecule has 2 N–H and O–H groups in total. The maximum Gasteiger partial charge on any atom is 0.261 e.